The Hall–Kier alpha value is -3.15. The number of carbonyl (C=O) groups is 3. The molecular weight excluding hydrogens is 296 g/mol. The van der Waals surface area contributed by atoms with Crippen LogP contribution in [0.3, 0.4) is 0 Å². The van der Waals surface area contributed by atoms with Gasteiger partial charge in [-0.15, -0.1) is 0 Å². The molecule has 3 N–H and O–H groups in total. The summed E-state index contributed by atoms with van der Waals surface area (Å²) < 4.78 is 0. The number of carbonyl (C=O) groups excluding carboxylic acids is 2. The molecule has 1 aliphatic heterocycles. The number of nitrogens with zero attached hydrogens (tertiary/aromatic N) is 1. The number of benzene rings is 2. The highest BCUT2D eigenvalue weighted by Crippen LogP contribution is 2.37. The Labute approximate surface area is 132 Å². The molecule has 116 valence electrons. The van der Waals surface area contributed by atoms with Crippen molar-refractivity contribution in [1.82, 2.24) is 0 Å². The molecule has 6 nitrogen and oxygen atoms in total. The van der Waals surface area contributed by atoms with Gasteiger partial charge in [-0.05, 0) is 29.8 Å². The van der Waals surface area contributed by atoms with E-state index >= 15 is 0 Å². The average Bonchev–Trinajstić information content (AvgIpc) is 2.94. The molecule has 0 aliphatic carbocycles. The van der Waals surface area contributed by atoms with Gasteiger partial charge in [-0.3, -0.25) is 14.4 Å². The number of carboxylic acids is 1. The number of carboxylic acid groups (broad SMARTS) is 1. The summed E-state index contributed by atoms with van der Waals surface area (Å²) in [5.74, 6) is -2.71. The second-order valence-electron chi connectivity index (χ2n) is 5.31. The normalized spacial score (nSPS) is 16.0. The summed E-state index contributed by atoms with van der Waals surface area (Å²) in [6.45, 7) is 0.0638. The third-order valence-electron chi connectivity index (χ3n) is 3.91. The lowest BCUT2D eigenvalue weighted by molar-refractivity contribution is -0.138. The van der Waals surface area contributed by atoms with Crippen molar-refractivity contribution in [2.75, 3.05) is 11.4 Å². The fourth-order valence-electron chi connectivity index (χ4n) is 2.77. The molecule has 0 spiro atoms. The maximum Gasteiger partial charge on any atom is 0.312 e. The minimum absolute atomic E-state index is 0.0638. The van der Waals surface area contributed by atoms with E-state index in [0.717, 1.165) is 0 Å². The highest BCUT2D eigenvalue weighted by atomic mass is 16.4. The van der Waals surface area contributed by atoms with Gasteiger partial charge < -0.3 is 15.7 Å². The lowest BCUT2D eigenvalue weighted by Gasteiger charge is -2.17. The molecule has 0 unspecified atom stereocenters. The molecule has 1 atom stereocenters. The zero-order valence-corrected chi connectivity index (χ0v) is 12.1. The van der Waals surface area contributed by atoms with Crippen molar-refractivity contribution in [1.29, 1.82) is 0 Å². The maximum absolute atomic E-state index is 12.7. The van der Waals surface area contributed by atoms with E-state index in [4.69, 9.17) is 5.73 Å². The molecule has 2 amide bonds. The van der Waals surface area contributed by atoms with Gasteiger partial charge in [-0.2, -0.15) is 0 Å². The lowest BCUT2D eigenvalue weighted by atomic mass is 10.0. The van der Waals surface area contributed by atoms with E-state index in [-0.39, 0.29) is 18.0 Å². The zero-order chi connectivity index (χ0) is 16.6. The van der Waals surface area contributed by atoms with Gasteiger partial charge in [0.25, 0.3) is 5.91 Å². The summed E-state index contributed by atoms with van der Waals surface area (Å²) in [6.07, 6.45) is 0. The van der Waals surface area contributed by atoms with E-state index in [2.05, 4.69) is 0 Å². The first-order valence-corrected chi connectivity index (χ1v) is 7.02. The van der Waals surface area contributed by atoms with Crippen LogP contribution < -0.4 is 10.6 Å². The van der Waals surface area contributed by atoms with Crippen LogP contribution in [0.2, 0.25) is 0 Å². The minimum Gasteiger partial charge on any atom is -0.481 e. The highest BCUT2D eigenvalue weighted by molar-refractivity contribution is 6.09. The number of nitrogens with two attached hydrogens (primary N) is 1. The summed E-state index contributed by atoms with van der Waals surface area (Å²) in [5, 5.41) is 9.35. The van der Waals surface area contributed by atoms with E-state index in [9.17, 15) is 19.5 Å². The van der Waals surface area contributed by atoms with Gasteiger partial charge in [-0.25, -0.2) is 0 Å². The van der Waals surface area contributed by atoms with Crippen molar-refractivity contribution in [3.8, 4) is 0 Å². The maximum atomic E-state index is 12.7. The number of aliphatic carboxylic acids is 1. The summed E-state index contributed by atoms with van der Waals surface area (Å²) in [4.78, 5) is 36.8. The molecule has 2 aromatic rings. The number of hydrogen-bond donors (Lipinski definition) is 2. The number of fused-ring (bicyclic) bond motifs is 1. The van der Waals surface area contributed by atoms with Gasteiger partial charge in [-0.1, -0.05) is 24.3 Å². The fourth-order valence-corrected chi connectivity index (χ4v) is 2.77. The van der Waals surface area contributed by atoms with Crippen molar-refractivity contribution in [3.05, 3.63) is 65.2 Å². The molecule has 3 rings (SSSR count). The third-order valence-corrected chi connectivity index (χ3v) is 3.91. The Bertz CT molecular complexity index is 816. The first-order chi connectivity index (χ1) is 11.0. The number of primary amides is 1. The topological polar surface area (TPSA) is 101 Å². The number of amides is 2. The zero-order valence-electron chi connectivity index (χ0n) is 12.1. The second-order valence-corrected chi connectivity index (χ2v) is 5.31. The Balaban J connectivity index is 1.99. The Morgan fingerprint density at radius 3 is 2.43 bits per heavy atom. The van der Waals surface area contributed by atoms with Crippen LogP contribution in [0, 0.1) is 0 Å². The standard InChI is InChI=1S/C17H14N2O4/c18-15(20)10-4-3-5-11(8-10)16(21)19-9-13(17(22)23)12-6-1-2-7-14(12)19/h1-8,13H,9H2,(H2,18,20)(H,22,23)/t13-/m0/s1. The molecule has 0 radical (unpaired) electrons. The van der Waals surface area contributed by atoms with E-state index in [1.807, 2.05) is 0 Å². The third kappa shape index (κ3) is 2.55. The molecule has 6 heteroatoms. The van der Waals surface area contributed by atoms with Gasteiger partial charge in [0.2, 0.25) is 5.91 Å². The summed E-state index contributed by atoms with van der Waals surface area (Å²) in [6, 6.07) is 13.0. The molecule has 2 aromatic carbocycles. The van der Waals surface area contributed by atoms with Crippen LogP contribution in [0.5, 0.6) is 0 Å². The number of para-hydroxylation sites is 1. The molecule has 1 aliphatic rings. The van der Waals surface area contributed by atoms with Gasteiger partial charge in [0.05, 0.1) is 0 Å². The van der Waals surface area contributed by atoms with Crippen LogP contribution in [0.15, 0.2) is 48.5 Å². The van der Waals surface area contributed by atoms with Gasteiger partial charge in [0.15, 0.2) is 0 Å². The van der Waals surface area contributed by atoms with Crippen molar-refractivity contribution in [2.45, 2.75) is 5.92 Å². The van der Waals surface area contributed by atoms with Crippen LogP contribution in [-0.4, -0.2) is 29.4 Å². The van der Waals surface area contributed by atoms with Crippen LogP contribution in [0.4, 0.5) is 5.69 Å². The van der Waals surface area contributed by atoms with E-state index in [1.54, 1.807) is 36.4 Å². The van der Waals surface area contributed by atoms with Crippen molar-refractivity contribution >= 4 is 23.5 Å². The quantitative estimate of drug-likeness (QED) is 0.899. The first kappa shape index (κ1) is 14.8. The van der Waals surface area contributed by atoms with E-state index in [0.29, 0.717) is 16.8 Å². The summed E-state index contributed by atoms with van der Waals surface area (Å²) >= 11 is 0. The second kappa shape index (κ2) is 5.57. The van der Waals surface area contributed by atoms with Crippen molar-refractivity contribution in [2.24, 2.45) is 5.73 Å². The smallest absolute Gasteiger partial charge is 0.312 e. The number of anilines is 1. The lowest BCUT2D eigenvalue weighted by Crippen LogP contribution is -2.31. The van der Waals surface area contributed by atoms with E-state index in [1.165, 1.54) is 17.0 Å². The first-order valence-electron chi connectivity index (χ1n) is 7.02. The largest absolute Gasteiger partial charge is 0.481 e. The average molecular weight is 310 g/mol. The monoisotopic (exact) mass is 310 g/mol. The van der Waals surface area contributed by atoms with Crippen molar-refractivity contribution < 1.29 is 19.5 Å². The molecule has 23 heavy (non-hydrogen) atoms. The van der Waals surface area contributed by atoms with Gasteiger partial charge in [0.1, 0.15) is 5.92 Å². The Morgan fingerprint density at radius 2 is 1.74 bits per heavy atom. The minimum atomic E-state index is -0.973. The predicted octanol–water partition coefficient (Wildman–Crippen LogP) is 1.61. The molecule has 0 saturated heterocycles. The SMILES string of the molecule is NC(=O)c1cccc(C(=O)N2C[C@H](C(=O)O)c3ccccc32)c1. The van der Waals surface area contributed by atoms with Gasteiger partial charge >= 0.3 is 5.97 Å². The molecule has 0 bridgehead atoms. The fraction of sp³-hybridized carbons (Fsp3) is 0.118. The molecular formula is C17H14N2O4. The molecule has 0 aromatic heterocycles. The summed E-state index contributed by atoms with van der Waals surface area (Å²) in [7, 11) is 0. The van der Waals surface area contributed by atoms with Crippen LogP contribution >= 0.6 is 0 Å². The van der Waals surface area contributed by atoms with Crippen LogP contribution in [-0.2, 0) is 4.79 Å². The van der Waals surface area contributed by atoms with Crippen LogP contribution in [0.25, 0.3) is 0 Å². The van der Waals surface area contributed by atoms with Crippen molar-refractivity contribution in [3.63, 3.8) is 0 Å². The number of rotatable bonds is 3. The highest BCUT2D eigenvalue weighted by Gasteiger charge is 2.36. The van der Waals surface area contributed by atoms with E-state index < -0.39 is 17.8 Å². The predicted molar refractivity (Wildman–Crippen MR) is 83.5 cm³/mol. The van der Waals surface area contributed by atoms with Crippen LogP contribution in [0.1, 0.15) is 32.2 Å². The number of hydrogen-bond acceptors (Lipinski definition) is 3. The van der Waals surface area contributed by atoms with Gasteiger partial charge in [0, 0.05) is 23.4 Å². The Kier molecular flexibility index (Phi) is 3.57. The summed E-state index contributed by atoms with van der Waals surface area (Å²) in [5.41, 5.74) is 6.95. The molecule has 0 fully saturated rings. The Morgan fingerprint density at radius 1 is 1.04 bits per heavy atom. The molecule has 1 heterocycles. The molecule has 0 saturated carbocycles.